The molecule has 2 N–H and O–H groups in total. The molecule has 1 aliphatic rings. The van der Waals surface area contributed by atoms with Crippen molar-refractivity contribution in [1.82, 2.24) is 0 Å². The Balaban J connectivity index is 2.27. The molecule has 0 amide bonds. The third-order valence-corrected chi connectivity index (χ3v) is 3.17. The third kappa shape index (κ3) is 1.50. The molecule has 0 saturated heterocycles. The molecule has 74 valence electrons. The monoisotopic (exact) mass is 256 g/mol. The van der Waals surface area contributed by atoms with Crippen molar-refractivity contribution in [2.75, 3.05) is 0 Å². The highest BCUT2D eigenvalue weighted by atomic mass is 79.9. The van der Waals surface area contributed by atoms with E-state index in [1.165, 1.54) is 0 Å². The maximum absolute atomic E-state index is 10.6. The number of aromatic hydroxyl groups is 1. The quantitative estimate of drug-likeness (QED) is 0.854. The average Bonchev–Trinajstić information content (AvgIpc) is 2.89. The first kappa shape index (κ1) is 9.52. The van der Waals surface area contributed by atoms with Crippen molar-refractivity contribution < 1.29 is 15.0 Å². The van der Waals surface area contributed by atoms with E-state index in [9.17, 15) is 9.90 Å². The fourth-order valence-electron chi connectivity index (χ4n) is 1.64. The number of benzene rings is 1. The summed E-state index contributed by atoms with van der Waals surface area (Å²) in [5, 5.41) is 18.4. The van der Waals surface area contributed by atoms with E-state index in [-0.39, 0.29) is 17.6 Å². The molecule has 3 nitrogen and oxygen atoms in total. The highest BCUT2D eigenvalue weighted by Crippen LogP contribution is 2.51. The zero-order valence-corrected chi connectivity index (χ0v) is 8.86. The lowest BCUT2D eigenvalue weighted by atomic mass is 10.1. The summed E-state index contributed by atoms with van der Waals surface area (Å²) in [4.78, 5) is 10.6. The van der Waals surface area contributed by atoms with Crippen LogP contribution >= 0.6 is 15.9 Å². The number of para-hydroxylation sites is 1. The minimum absolute atomic E-state index is 0.0231. The first-order valence-electron chi connectivity index (χ1n) is 4.31. The Kier molecular flexibility index (Phi) is 2.23. The minimum Gasteiger partial charge on any atom is -0.506 e. The van der Waals surface area contributed by atoms with Crippen LogP contribution in [0.1, 0.15) is 17.9 Å². The summed E-state index contributed by atoms with van der Waals surface area (Å²) in [6.07, 6.45) is 0.624. The zero-order valence-electron chi connectivity index (χ0n) is 7.27. The van der Waals surface area contributed by atoms with Gasteiger partial charge in [-0.05, 0) is 34.0 Å². The van der Waals surface area contributed by atoms with Gasteiger partial charge in [-0.2, -0.15) is 0 Å². The molecule has 0 spiro atoms. The summed E-state index contributed by atoms with van der Waals surface area (Å²) in [6.45, 7) is 0. The first-order valence-corrected chi connectivity index (χ1v) is 5.10. The van der Waals surface area contributed by atoms with Gasteiger partial charge in [0.05, 0.1) is 10.4 Å². The molecule has 2 atom stereocenters. The highest BCUT2D eigenvalue weighted by Gasteiger charge is 2.45. The van der Waals surface area contributed by atoms with E-state index in [1.807, 2.05) is 0 Å². The molecule has 1 fully saturated rings. The lowest BCUT2D eigenvalue weighted by Gasteiger charge is -2.03. The number of phenolic OH excluding ortho intramolecular Hbond substituents is 1. The summed E-state index contributed by atoms with van der Waals surface area (Å²) in [5.41, 5.74) is 0.728. The number of phenols is 1. The second-order valence-corrected chi connectivity index (χ2v) is 4.32. The second-order valence-electron chi connectivity index (χ2n) is 3.46. The van der Waals surface area contributed by atoms with Crippen molar-refractivity contribution >= 4 is 21.9 Å². The average molecular weight is 257 g/mol. The maximum atomic E-state index is 10.6. The van der Waals surface area contributed by atoms with Crippen LogP contribution < -0.4 is 0 Å². The molecule has 2 rings (SSSR count). The minimum atomic E-state index is -0.783. The Morgan fingerprint density at radius 2 is 2.21 bits per heavy atom. The van der Waals surface area contributed by atoms with Crippen LogP contribution in [0.3, 0.4) is 0 Å². The lowest BCUT2D eigenvalue weighted by molar-refractivity contribution is -0.138. The number of hydrogen-bond donors (Lipinski definition) is 2. The summed E-state index contributed by atoms with van der Waals surface area (Å²) < 4.78 is 0.617. The van der Waals surface area contributed by atoms with Crippen LogP contribution in [0.2, 0.25) is 0 Å². The number of carboxylic acids is 1. The number of aliphatic carboxylic acids is 1. The smallest absolute Gasteiger partial charge is 0.307 e. The van der Waals surface area contributed by atoms with E-state index < -0.39 is 5.97 Å². The molecule has 2 unspecified atom stereocenters. The molecule has 1 saturated carbocycles. The molecule has 1 aromatic rings. The van der Waals surface area contributed by atoms with Gasteiger partial charge >= 0.3 is 5.97 Å². The third-order valence-electron chi connectivity index (χ3n) is 2.53. The summed E-state index contributed by atoms with van der Waals surface area (Å²) in [7, 11) is 0. The largest absolute Gasteiger partial charge is 0.506 e. The number of carbonyl (C=O) groups is 1. The van der Waals surface area contributed by atoms with Crippen LogP contribution in [0.15, 0.2) is 22.7 Å². The van der Waals surface area contributed by atoms with Gasteiger partial charge in [0.1, 0.15) is 5.75 Å². The predicted molar refractivity (Wildman–Crippen MR) is 54.3 cm³/mol. The van der Waals surface area contributed by atoms with Crippen molar-refractivity contribution in [2.45, 2.75) is 12.3 Å². The fourth-order valence-corrected chi connectivity index (χ4v) is 2.02. The Labute approximate surface area is 89.5 Å². The van der Waals surface area contributed by atoms with Crippen LogP contribution in [0.4, 0.5) is 0 Å². The van der Waals surface area contributed by atoms with E-state index >= 15 is 0 Å². The summed E-state index contributed by atoms with van der Waals surface area (Å²) in [5.74, 6) is -0.962. The van der Waals surface area contributed by atoms with Crippen LogP contribution in [0.25, 0.3) is 0 Å². The van der Waals surface area contributed by atoms with Crippen LogP contribution in [-0.4, -0.2) is 16.2 Å². The molecular formula is C10H9BrO3. The number of hydrogen-bond acceptors (Lipinski definition) is 2. The first-order chi connectivity index (χ1) is 6.61. The van der Waals surface area contributed by atoms with Crippen LogP contribution in [0.5, 0.6) is 5.75 Å². The normalized spacial score (nSPS) is 24.6. The molecule has 1 aromatic carbocycles. The molecule has 4 heteroatoms. The van der Waals surface area contributed by atoms with E-state index in [0.717, 1.165) is 5.56 Å². The van der Waals surface area contributed by atoms with E-state index in [2.05, 4.69) is 15.9 Å². The Morgan fingerprint density at radius 1 is 1.50 bits per heavy atom. The Morgan fingerprint density at radius 3 is 2.79 bits per heavy atom. The summed E-state index contributed by atoms with van der Waals surface area (Å²) >= 11 is 3.20. The van der Waals surface area contributed by atoms with Gasteiger partial charge in [-0.1, -0.05) is 12.1 Å². The lowest BCUT2D eigenvalue weighted by Crippen LogP contribution is -1.99. The molecule has 14 heavy (non-hydrogen) atoms. The van der Waals surface area contributed by atoms with Gasteiger partial charge in [0, 0.05) is 5.92 Å². The van der Waals surface area contributed by atoms with Crippen molar-refractivity contribution in [2.24, 2.45) is 5.92 Å². The number of halogens is 1. The van der Waals surface area contributed by atoms with Gasteiger partial charge < -0.3 is 10.2 Å². The van der Waals surface area contributed by atoms with Gasteiger partial charge in [-0.25, -0.2) is 0 Å². The van der Waals surface area contributed by atoms with Gasteiger partial charge in [-0.15, -0.1) is 0 Å². The van der Waals surface area contributed by atoms with Crippen molar-refractivity contribution in [1.29, 1.82) is 0 Å². The SMILES string of the molecule is O=C(O)C1CC1c1cccc(Br)c1O. The van der Waals surface area contributed by atoms with E-state index in [4.69, 9.17) is 5.11 Å². The van der Waals surface area contributed by atoms with Crippen molar-refractivity contribution in [3.63, 3.8) is 0 Å². The molecular weight excluding hydrogens is 248 g/mol. The molecule has 0 aliphatic heterocycles. The second kappa shape index (κ2) is 3.28. The fraction of sp³-hybridized carbons (Fsp3) is 0.300. The number of rotatable bonds is 2. The molecule has 0 aromatic heterocycles. The predicted octanol–water partition coefficient (Wildman–Crippen LogP) is 2.34. The molecule has 0 bridgehead atoms. The molecule has 0 heterocycles. The van der Waals surface area contributed by atoms with Gasteiger partial charge in [-0.3, -0.25) is 4.79 Å². The van der Waals surface area contributed by atoms with E-state index in [1.54, 1.807) is 18.2 Å². The van der Waals surface area contributed by atoms with Crippen LogP contribution in [0, 0.1) is 5.92 Å². The van der Waals surface area contributed by atoms with Gasteiger partial charge in [0.2, 0.25) is 0 Å². The van der Waals surface area contributed by atoms with Crippen molar-refractivity contribution in [3.8, 4) is 5.75 Å². The molecule has 0 radical (unpaired) electrons. The topological polar surface area (TPSA) is 57.5 Å². The van der Waals surface area contributed by atoms with E-state index in [0.29, 0.717) is 10.9 Å². The Hall–Kier alpha value is -1.03. The Bertz CT molecular complexity index is 389. The zero-order chi connectivity index (χ0) is 10.3. The summed E-state index contributed by atoms with van der Waals surface area (Å²) in [6, 6.07) is 5.31. The standard InChI is InChI=1S/C10H9BrO3/c11-8-3-1-2-5(9(8)12)6-4-7(6)10(13)14/h1-3,6-7,12H,4H2,(H,13,14). The van der Waals surface area contributed by atoms with Crippen molar-refractivity contribution in [3.05, 3.63) is 28.2 Å². The van der Waals surface area contributed by atoms with Gasteiger partial charge in [0.25, 0.3) is 0 Å². The highest BCUT2D eigenvalue weighted by molar-refractivity contribution is 9.10. The maximum Gasteiger partial charge on any atom is 0.307 e. The molecule has 1 aliphatic carbocycles. The van der Waals surface area contributed by atoms with Crippen LogP contribution in [-0.2, 0) is 4.79 Å². The van der Waals surface area contributed by atoms with Gasteiger partial charge in [0.15, 0.2) is 0 Å². The number of carboxylic acid groups (broad SMARTS) is 1.